The zero-order valence-electron chi connectivity index (χ0n) is 17.9. The molecule has 1 fully saturated rings. The number of esters is 1. The number of aliphatic carboxylic acids is 1. The lowest BCUT2D eigenvalue weighted by Crippen LogP contribution is -2.32. The van der Waals surface area contributed by atoms with Crippen LogP contribution in [0.2, 0.25) is 0 Å². The van der Waals surface area contributed by atoms with Crippen molar-refractivity contribution in [3.63, 3.8) is 0 Å². The average Bonchev–Trinajstić information content (AvgIpc) is 3.14. The van der Waals surface area contributed by atoms with Crippen molar-refractivity contribution in [3.05, 3.63) is 17.5 Å². The highest BCUT2D eigenvalue weighted by Crippen LogP contribution is 2.26. The van der Waals surface area contributed by atoms with Gasteiger partial charge in [0.25, 0.3) is 0 Å². The van der Waals surface area contributed by atoms with E-state index in [1.54, 1.807) is 11.6 Å². The second kappa shape index (κ2) is 13.9. The van der Waals surface area contributed by atoms with Gasteiger partial charge in [0.15, 0.2) is 5.12 Å². The van der Waals surface area contributed by atoms with Crippen LogP contribution >= 0.6 is 11.8 Å². The van der Waals surface area contributed by atoms with Gasteiger partial charge in [-0.1, -0.05) is 17.0 Å². The molecule has 0 aromatic carbocycles. The van der Waals surface area contributed by atoms with Crippen LogP contribution in [0.4, 0.5) is 13.2 Å². The molecule has 0 bridgehead atoms. The first-order valence-corrected chi connectivity index (χ1v) is 10.8. The Bertz CT molecular complexity index is 798. The van der Waals surface area contributed by atoms with Crippen LogP contribution in [0.1, 0.15) is 45.2 Å². The summed E-state index contributed by atoms with van der Waals surface area (Å²) in [5.74, 6) is -2.90. The van der Waals surface area contributed by atoms with Gasteiger partial charge in [-0.25, -0.2) is 4.79 Å². The lowest BCUT2D eigenvalue weighted by molar-refractivity contribution is -0.192. The van der Waals surface area contributed by atoms with Gasteiger partial charge in [0.1, 0.15) is 5.69 Å². The highest BCUT2D eigenvalue weighted by Gasteiger charge is 2.38. The van der Waals surface area contributed by atoms with Crippen molar-refractivity contribution in [1.29, 1.82) is 0 Å². The molecule has 1 saturated heterocycles. The number of ether oxygens (including phenoxy) is 1. The third kappa shape index (κ3) is 11.3. The number of carboxylic acid groups (broad SMARTS) is 1. The lowest BCUT2D eigenvalue weighted by Gasteiger charge is -2.24. The predicted molar refractivity (Wildman–Crippen MR) is 112 cm³/mol. The summed E-state index contributed by atoms with van der Waals surface area (Å²) in [7, 11) is 0. The first-order chi connectivity index (χ1) is 15.0. The van der Waals surface area contributed by atoms with Crippen LogP contribution in [-0.4, -0.2) is 68.3 Å². The Morgan fingerprint density at radius 2 is 2.06 bits per heavy atom. The summed E-state index contributed by atoms with van der Waals surface area (Å²) in [6, 6.07) is 0. The average molecular weight is 481 g/mol. The summed E-state index contributed by atoms with van der Waals surface area (Å²) in [5, 5.41) is 19.1. The van der Waals surface area contributed by atoms with Gasteiger partial charge in [0.2, 0.25) is 0 Å². The SMILES string of the molecule is CCOC(=O)CCCCn1cc(C=C2CNCCC2SC(C)=O)nn1.O=C(O)C(F)(F)F. The topological polar surface area (TPSA) is 123 Å². The Morgan fingerprint density at radius 3 is 2.66 bits per heavy atom. The number of halogens is 3. The van der Waals surface area contributed by atoms with Crippen LogP contribution in [-0.2, 0) is 25.7 Å². The number of hydrogen-bond acceptors (Lipinski definition) is 8. The van der Waals surface area contributed by atoms with E-state index < -0.39 is 12.1 Å². The predicted octanol–water partition coefficient (Wildman–Crippen LogP) is 2.67. The molecule has 0 amide bonds. The van der Waals surface area contributed by atoms with Crippen LogP contribution in [0.5, 0.6) is 0 Å². The minimum Gasteiger partial charge on any atom is -0.475 e. The van der Waals surface area contributed by atoms with Crippen molar-refractivity contribution in [2.45, 2.75) is 57.5 Å². The van der Waals surface area contributed by atoms with Gasteiger partial charge in [-0.2, -0.15) is 13.2 Å². The van der Waals surface area contributed by atoms with Gasteiger partial charge >= 0.3 is 18.1 Å². The number of alkyl halides is 3. The molecule has 1 atom stereocenters. The molecule has 0 radical (unpaired) electrons. The van der Waals surface area contributed by atoms with Crippen LogP contribution < -0.4 is 5.32 Å². The highest BCUT2D eigenvalue weighted by atomic mass is 32.2. The third-order valence-corrected chi connectivity index (χ3v) is 5.24. The summed E-state index contributed by atoms with van der Waals surface area (Å²) in [6.07, 6.45) is 1.85. The zero-order chi connectivity index (χ0) is 24.1. The van der Waals surface area contributed by atoms with E-state index in [9.17, 15) is 22.8 Å². The van der Waals surface area contributed by atoms with Gasteiger partial charge in [0, 0.05) is 31.7 Å². The fraction of sp³-hybridized carbons (Fsp3) is 0.632. The van der Waals surface area contributed by atoms with Crippen LogP contribution in [0.25, 0.3) is 6.08 Å². The summed E-state index contributed by atoms with van der Waals surface area (Å²) in [5.41, 5.74) is 1.99. The number of carboxylic acids is 1. The number of nitrogens with zero attached hydrogens (tertiary/aromatic N) is 3. The number of unbranched alkanes of at least 4 members (excludes halogenated alkanes) is 1. The van der Waals surface area contributed by atoms with Gasteiger partial charge in [-0.05, 0) is 44.4 Å². The molecule has 13 heteroatoms. The molecule has 1 aromatic rings. The van der Waals surface area contributed by atoms with E-state index in [4.69, 9.17) is 14.6 Å². The second-order valence-corrected chi connectivity index (χ2v) is 8.13. The number of aromatic nitrogens is 3. The fourth-order valence-corrected chi connectivity index (χ4v) is 3.64. The maximum Gasteiger partial charge on any atom is 0.490 e. The summed E-state index contributed by atoms with van der Waals surface area (Å²) >= 11 is 1.39. The first-order valence-electron chi connectivity index (χ1n) is 9.97. The smallest absolute Gasteiger partial charge is 0.475 e. The Morgan fingerprint density at radius 1 is 1.38 bits per heavy atom. The summed E-state index contributed by atoms with van der Waals surface area (Å²) < 4.78 is 38.4. The van der Waals surface area contributed by atoms with Crippen molar-refractivity contribution in [2.75, 3.05) is 19.7 Å². The molecule has 1 aliphatic heterocycles. The van der Waals surface area contributed by atoms with Crippen LogP contribution in [0, 0.1) is 0 Å². The monoisotopic (exact) mass is 480 g/mol. The normalized spacial score (nSPS) is 17.4. The van der Waals surface area contributed by atoms with E-state index in [-0.39, 0.29) is 16.3 Å². The molecule has 32 heavy (non-hydrogen) atoms. The molecule has 2 N–H and O–H groups in total. The van der Waals surface area contributed by atoms with Crippen molar-refractivity contribution in [1.82, 2.24) is 20.3 Å². The van der Waals surface area contributed by atoms with Gasteiger partial charge in [0.05, 0.1) is 12.8 Å². The standard InChI is InChI=1S/C17H26N4O3S.C2HF3O2/c1-3-24-17(23)6-4-5-9-21-12-15(19-20-21)10-14-11-18-8-7-16(14)25-13(2)22;3-2(4,5)1(6)7/h10,12,16,18H,3-9,11H2,1-2H3;(H,6,7). The van der Waals surface area contributed by atoms with Crippen molar-refractivity contribution in [3.8, 4) is 0 Å². The number of rotatable bonds is 8. The number of hydrogen-bond donors (Lipinski definition) is 2. The highest BCUT2D eigenvalue weighted by molar-refractivity contribution is 8.14. The molecule has 0 spiro atoms. The van der Waals surface area contributed by atoms with E-state index >= 15 is 0 Å². The van der Waals surface area contributed by atoms with Crippen LogP contribution in [0.15, 0.2) is 11.8 Å². The Balaban J connectivity index is 0.000000633. The number of thioether (sulfide) groups is 1. The van der Waals surface area contributed by atoms with Gasteiger partial charge < -0.3 is 15.2 Å². The molecule has 2 rings (SSSR count). The number of nitrogens with one attached hydrogen (secondary N) is 1. The Hall–Kier alpha value is -2.41. The molecule has 1 aliphatic rings. The van der Waals surface area contributed by atoms with E-state index in [1.165, 1.54) is 17.3 Å². The van der Waals surface area contributed by atoms with Crippen LogP contribution in [0.3, 0.4) is 0 Å². The Kier molecular flexibility index (Phi) is 12.0. The number of aryl methyl sites for hydroxylation is 1. The van der Waals surface area contributed by atoms with Crippen molar-refractivity contribution in [2.24, 2.45) is 0 Å². The third-order valence-electron chi connectivity index (χ3n) is 4.09. The zero-order valence-corrected chi connectivity index (χ0v) is 18.7. The quantitative estimate of drug-likeness (QED) is 0.427. The number of carbonyl (C=O) groups excluding carboxylic acids is 2. The molecule has 180 valence electrons. The molecule has 1 unspecified atom stereocenters. The van der Waals surface area contributed by atoms with Crippen molar-refractivity contribution < 1.29 is 37.4 Å². The minimum atomic E-state index is -5.08. The molecule has 0 aliphatic carbocycles. The van der Waals surface area contributed by atoms with Gasteiger partial charge in [-0.3, -0.25) is 14.3 Å². The maximum absolute atomic E-state index is 11.4. The van der Waals surface area contributed by atoms with E-state index in [0.717, 1.165) is 44.6 Å². The summed E-state index contributed by atoms with van der Waals surface area (Å²) in [6.45, 7) is 6.27. The van der Waals surface area contributed by atoms with E-state index in [2.05, 4.69) is 15.6 Å². The molecule has 2 heterocycles. The van der Waals surface area contributed by atoms with E-state index in [1.807, 2.05) is 19.2 Å². The molecular weight excluding hydrogens is 453 g/mol. The fourth-order valence-electron chi connectivity index (χ4n) is 2.70. The number of piperidine rings is 1. The number of carbonyl (C=O) groups is 3. The largest absolute Gasteiger partial charge is 0.490 e. The summed E-state index contributed by atoms with van der Waals surface area (Å²) in [4.78, 5) is 31.6. The van der Waals surface area contributed by atoms with Gasteiger partial charge in [-0.15, -0.1) is 5.10 Å². The first kappa shape index (κ1) is 27.6. The molecule has 9 nitrogen and oxygen atoms in total. The molecule has 0 saturated carbocycles. The molecule has 1 aromatic heterocycles. The van der Waals surface area contributed by atoms with Crippen molar-refractivity contribution >= 4 is 34.9 Å². The Labute approximate surface area is 187 Å². The second-order valence-electron chi connectivity index (χ2n) is 6.75. The lowest BCUT2D eigenvalue weighted by atomic mass is 10.1. The van der Waals surface area contributed by atoms with E-state index in [0.29, 0.717) is 13.0 Å². The maximum atomic E-state index is 11.4. The minimum absolute atomic E-state index is 0.142. The molecular formula is C19H27F3N4O5S.